The van der Waals surface area contributed by atoms with Gasteiger partial charge in [-0.3, -0.25) is 4.79 Å². The molecule has 0 aromatic heterocycles. The van der Waals surface area contributed by atoms with Gasteiger partial charge >= 0.3 is 0 Å². The van der Waals surface area contributed by atoms with Crippen LogP contribution in [-0.4, -0.2) is 32.6 Å². The van der Waals surface area contributed by atoms with E-state index in [0.29, 0.717) is 13.2 Å². The van der Waals surface area contributed by atoms with Crippen LogP contribution >= 0.6 is 11.6 Å². The first-order valence-corrected chi connectivity index (χ1v) is 5.21. The van der Waals surface area contributed by atoms with Gasteiger partial charge in [-0.05, 0) is 18.2 Å². The monoisotopic (exact) mass is 245 g/mol. The molecule has 0 bridgehead atoms. The number of hydrogen-bond acceptors (Lipinski definition) is 3. The number of benzene rings is 1. The fraction of sp³-hybridized carbons (Fsp3) is 0.364. The molecule has 0 atom stereocenters. The van der Waals surface area contributed by atoms with E-state index in [1.165, 1.54) is 12.1 Å². The molecule has 0 saturated heterocycles. The Morgan fingerprint density at radius 3 is 2.94 bits per heavy atom. The molecule has 1 rings (SSSR count). The fourth-order valence-electron chi connectivity index (χ4n) is 1.19. The van der Waals surface area contributed by atoms with Crippen molar-refractivity contribution < 1.29 is 13.9 Å². The van der Waals surface area contributed by atoms with Crippen molar-refractivity contribution in [2.24, 2.45) is 0 Å². The Labute approximate surface area is 98.5 Å². The van der Waals surface area contributed by atoms with E-state index in [-0.39, 0.29) is 22.9 Å². The highest BCUT2D eigenvalue weighted by Crippen LogP contribution is 2.14. The van der Waals surface area contributed by atoms with Crippen LogP contribution in [0.25, 0.3) is 0 Å². The molecule has 0 aliphatic heterocycles. The van der Waals surface area contributed by atoms with Crippen molar-refractivity contribution in [3.63, 3.8) is 0 Å². The van der Waals surface area contributed by atoms with Gasteiger partial charge in [-0.1, -0.05) is 11.6 Å². The van der Waals surface area contributed by atoms with Gasteiger partial charge in [0.1, 0.15) is 5.82 Å². The van der Waals surface area contributed by atoms with Crippen molar-refractivity contribution in [3.05, 3.63) is 34.6 Å². The van der Waals surface area contributed by atoms with E-state index in [9.17, 15) is 9.18 Å². The third kappa shape index (κ3) is 3.89. The van der Waals surface area contributed by atoms with Crippen LogP contribution < -0.4 is 5.32 Å². The van der Waals surface area contributed by atoms with E-state index in [4.69, 9.17) is 16.3 Å². The summed E-state index contributed by atoms with van der Waals surface area (Å²) in [6, 6.07) is 4.01. The molecular weight excluding hydrogens is 233 g/mol. The number of nitrogens with one attached hydrogen (secondary N) is 1. The molecule has 0 fully saturated rings. The molecule has 0 saturated carbocycles. The van der Waals surface area contributed by atoms with E-state index in [1.54, 1.807) is 7.11 Å². The maximum atomic E-state index is 13.3. The predicted molar refractivity (Wildman–Crippen MR) is 60.5 cm³/mol. The van der Waals surface area contributed by atoms with Gasteiger partial charge in [-0.15, -0.1) is 0 Å². The molecule has 5 heteroatoms. The zero-order valence-electron chi connectivity index (χ0n) is 8.93. The first-order valence-electron chi connectivity index (χ1n) is 4.83. The molecule has 0 aliphatic carbocycles. The zero-order chi connectivity index (χ0) is 12.0. The Balaban J connectivity index is 2.53. The lowest BCUT2D eigenvalue weighted by atomic mass is 10.1. The summed E-state index contributed by atoms with van der Waals surface area (Å²) in [7, 11) is 1.57. The molecule has 3 nitrogen and oxygen atoms in total. The van der Waals surface area contributed by atoms with Crippen LogP contribution in [0.4, 0.5) is 4.39 Å². The van der Waals surface area contributed by atoms with E-state index < -0.39 is 5.82 Å². The van der Waals surface area contributed by atoms with E-state index >= 15 is 0 Å². The van der Waals surface area contributed by atoms with Crippen LogP contribution in [0.5, 0.6) is 0 Å². The maximum absolute atomic E-state index is 13.3. The third-order valence-electron chi connectivity index (χ3n) is 2.00. The first kappa shape index (κ1) is 13.1. The van der Waals surface area contributed by atoms with Crippen LogP contribution in [-0.2, 0) is 4.74 Å². The second-order valence-corrected chi connectivity index (χ2v) is 3.65. The summed E-state index contributed by atoms with van der Waals surface area (Å²) in [5.74, 6) is -0.892. The van der Waals surface area contributed by atoms with Crippen LogP contribution in [0.2, 0.25) is 5.02 Å². The molecule has 0 heterocycles. The Hall–Kier alpha value is -0.970. The molecule has 88 valence electrons. The summed E-state index contributed by atoms with van der Waals surface area (Å²) in [6.07, 6.45) is 0. The van der Waals surface area contributed by atoms with Crippen molar-refractivity contribution in [2.75, 3.05) is 26.8 Å². The molecule has 0 unspecified atom stereocenters. The minimum atomic E-state index is -0.592. The summed E-state index contributed by atoms with van der Waals surface area (Å²) in [5, 5.41) is 3.13. The number of ketones is 1. The highest BCUT2D eigenvalue weighted by Gasteiger charge is 2.11. The zero-order valence-corrected chi connectivity index (χ0v) is 9.68. The van der Waals surface area contributed by atoms with Gasteiger partial charge in [0.15, 0.2) is 5.78 Å². The quantitative estimate of drug-likeness (QED) is 0.615. The summed E-state index contributed by atoms with van der Waals surface area (Å²) >= 11 is 5.58. The molecule has 0 radical (unpaired) electrons. The molecule has 16 heavy (non-hydrogen) atoms. The average molecular weight is 246 g/mol. The minimum absolute atomic E-state index is 0.0503. The number of Topliss-reactive ketones (excluding diaryl/α,β-unsaturated/α-hetero) is 1. The Kier molecular flexibility index (Phi) is 5.38. The first-order chi connectivity index (χ1) is 7.65. The van der Waals surface area contributed by atoms with E-state index in [0.717, 1.165) is 6.07 Å². The Bertz CT molecular complexity index is 371. The van der Waals surface area contributed by atoms with E-state index in [2.05, 4.69) is 5.32 Å². The van der Waals surface area contributed by atoms with Crippen molar-refractivity contribution in [2.45, 2.75) is 0 Å². The molecule has 0 aliphatic rings. The summed E-state index contributed by atoms with van der Waals surface area (Å²) in [4.78, 5) is 11.6. The van der Waals surface area contributed by atoms with Crippen LogP contribution in [0, 0.1) is 5.82 Å². The standard InChI is InChI=1S/C11H13ClFNO2/c1-16-5-4-14-7-11(15)9-3-2-8(12)6-10(9)13/h2-3,6,14H,4-5,7H2,1H3. The number of ether oxygens (including phenoxy) is 1. The van der Waals surface area contributed by atoms with Crippen LogP contribution in [0.3, 0.4) is 0 Å². The normalized spacial score (nSPS) is 10.4. The van der Waals surface area contributed by atoms with Crippen molar-refractivity contribution in [3.8, 4) is 0 Å². The number of methoxy groups -OCH3 is 1. The largest absolute Gasteiger partial charge is 0.383 e. The number of halogens is 2. The van der Waals surface area contributed by atoms with E-state index in [1.807, 2.05) is 0 Å². The summed E-state index contributed by atoms with van der Waals surface area (Å²) in [6.45, 7) is 1.15. The minimum Gasteiger partial charge on any atom is -0.383 e. The predicted octanol–water partition coefficient (Wildman–Crippen LogP) is 1.90. The number of hydrogen-bond donors (Lipinski definition) is 1. The smallest absolute Gasteiger partial charge is 0.179 e. The second kappa shape index (κ2) is 6.58. The highest BCUT2D eigenvalue weighted by atomic mass is 35.5. The molecule has 1 aromatic carbocycles. The van der Waals surface area contributed by atoms with Crippen molar-refractivity contribution >= 4 is 17.4 Å². The molecule has 0 amide bonds. The average Bonchev–Trinajstić information content (AvgIpc) is 2.24. The van der Waals surface area contributed by atoms with Gasteiger partial charge in [0.25, 0.3) is 0 Å². The topological polar surface area (TPSA) is 38.3 Å². The second-order valence-electron chi connectivity index (χ2n) is 3.22. The van der Waals surface area contributed by atoms with Gasteiger partial charge in [-0.2, -0.15) is 0 Å². The highest BCUT2D eigenvalue weighted by molar-refractivity contribution is 6.30. The van der Waals surface area contributed by atoms with Crippen molar-refractivity contribution in [1.82, 2.24) is 5.32 Å². The molecule has 0 spiro atoms. The molecule has 1 N–H and O–H groups in total. The third-order valence-corrected chi connectivity index (χ3v) is 2.24. The molecule has 1 aromatic rings. The van der Waals surface area contributed by atoms with Crippen LogP contribution in [0.1, 0.15) is 10.4 Å². The van der Waals surface area contributed by atoms with Gasteiger partial charge in [0, 0.05) is 18.7 Å². The molecular formula is C11H13ClFNO2. The lowest BCUT2D eigenvalue weighted by molar-refractivity contribution is 0.0984. The summed E-state index contributed by atoms with van der Waals surface area (Å²) < 4.78 is 18.1. The van der Waals surface area contributed by atoms with Gasteiger partial charge in [-0.25, -0.2) is 4.39 Å². The summed E-state index contributed by atoms with van der Waals surface area (Å²) in [5.41, 5.74) is 0.0503. The fourth-order valence-corrected chi connectivity index (χ4v) is 1.35. The van der Waals surface area contributed by atoms with Crippen molar-refractivity contribution in [1.29, 1.82) is 0 Å². The number of rotatable bonds is 6. The van der Waals surface area contributed by atoms with Gasteiger partial charge in [0.2, 0.25) is 0 Å². The lowest BCUT2D eigenvalue weighted by Gasteiger charge is -2.04. The van der Waals surface area contributed by atoms with Gasteiger partial charge < -0.3 is 10.1 Å². The Morgan fingerprint density at radius 2 is 2.31 bits per heavy atom. The number of carbonyl (C=O) groups is 1. The SMILES string of the molecule is COCCNCC(=O)c1ccc(Cl)cc1F. The number of carbonyl (C=O) groups excluding carboxylic acids is 1. The lowest BCUT2D eigenvalue weighted by Crippen LogP contribution is -2.26. The van der Waals surface area contributed by atoms with Crippen LogP contribution in [0.15, 0.2) is 18.2 Å². The maximum Gasteiger partial charge on any atom is 0.179 e. The van der Waals surface area contributed by atoms with Gasteiger partial charge in [0.05, 0.1) is 18.7 Å². The Morgan fingerprint density at radius 1 is 1.56 bits per heavy atom.